The number of benzene rings is 2. The number of nitrogens with zero attached hydrogens (tertiary/aromatic N) is 2. The molecule has 0 radical (unpaired) electrons. The zero-order valence-corrected chi connectivity index (χ0v) is 18.6. The van der Waals surface area contributed by atoms with E-state index in [0.717, 1.165) is 35.1 Å². The summed E-state index contributed by atoms with van der Waals surface area (Å²) in [6.07, 6.45) is 0. The average molecular weight is 421 g/mol. The second kappa shape index (κ2) is 11.9. The predicted octanol–water partition coefficient (Wildman–Crippen LogP) is 4.77. The second-order valence-corrected chi connectivity index (χ2v) is 7.67. The van der Waals surface area contributed by atoms with Gasteiger partial charge in [-0.2, -0.15) is 0 Å². The van der Waals surface area contributed by atoms with Crippen molar-refractivity contribution >= 4 is 5.96 Å². The van der Waals surface area contributed by atoms with Crippen LogP contribution in [-0.2, 0) is 31.0 Å². The minimum absolute atomic E-state index is 0.347. The number of guanidine groups is 1. The molecule has 0 bridgehead atoms. The zero-order chi connectivity index (χ0) is 21.9. The van der Waals surface area contributed by atoms with Crippen LogP contribution in [0, 0.1) is 0 Å². The monoisotopic (exact) mass is 420 g/mol. The van der Waals surface area contributed by atoms with E-state index < -0.39 is 0 Å². The van der Waals surface area contributed by atoms with Gasteiger partial charge in [-0.3, -0.25) is 0 Å². The van der Waals surface area contributed by atoms with Crippen molar-refractivity contribution in [1.29, 1.82) is 0 Å². The first kappa shape index (κ1) is 22.6. The number of rotatable bonds is 10. The molecule has 0 aliphatic heterocycles. The number of hydrogen-bond acceptors (Lipinski definition) is 4. The molecule has 0 saturated carbocycles. The van der Waals surface area contributed by atoms with Crippen LogP contribution in [0.1, 0.15) is 54.8 Å². The summed E-state index contributed by atoms with van der Waals surface area (Å²) in [5, 5.41) is 10.7. The standard InChI is InChI=1S/C25H32N4O2/c1-4-26-25(28-16-23-14-24(19(2)3)29-31-23)27-15-21-12-8-9-13-22(21)18-30-17-20-10-6-5-7-11-20/h5-14,19H,4,15-18H2,1-3H3,(H2,26,27,28). The molecule has 0 aliphatic carbocycles. The number of ether oxygens (including phenoxy) is 1. The van der Waals surface area contributed by atoms with Crippen LogP contribution in [0.2, 0.25) is 0 Å². The quantitative estimate of drug-likeness (QED) is 0.365. The summed E-state index contributed by atoms with van der Waals surface area (Å²) >= 11 is 0. The smallest absolute Gasteiger partial charge is 0.191 e. The van der Waals surface area contributed by atoms with Crippen LogP contribution in [-0.4, -0.2) is 17.7 Å². The average Bonchev–Trinajstić information content (AvgIpc) is 3.27. The molecular weight excluding hydrogens is 388 g/mol. The summed E-state index contributed by atoms with van der Waals surface area (Å²) in [5.74, 6) is 1.88. The van der Waals surface area contributed by atoms with Gasteiger partial charge in [0.15, 0.2) is 11.7 Å². The topological polar surface area (TPSA) is 71.7 Å². The summed E-state index contributed by atoms with van der Waals surface area (Å²) in [7, 11) is 0. The van der Waals surface area contributed by atoms with Gasteiger partial charge in [-0.1, -0.05) is 73.6 Å². The third-order valence-electron chi connectivity index (χ3n) is 4.84. The fourth-order valence-corrected chi connectivity index (χ4v) is 3.07. The van der Waals surface area contributed by atoms with Gasteiger partial charge in [-0.15, -0.1) is 0 Å². The lowest BCUT2D eigenvalue weighted by Crippen LogP contribution is -2.36. The molecule has 2 N–H and O–H groups in total. The Bertz CT molecular complexity index is 951. The Kier molecular flexibility index (Phi) is 8.67. The summed E-state index contributed by atoms with van der Waals surface area (Å²) in [6, 6.07) is 20.5. The highest BCUT2D eigenvalue weighted by atomic mass is 16.5. The van der Waals surface area contributed by atoms with E-state index in [1.807, 2.05) is 43.3 Å². The molecule has 164 valence electrons. The fraction of sp³-hybridized carbons (Fsp3) is 0.360. The van der Waals surface area contributed by atoms with Crippen LogP contribution in [0.15, 0.2) is 70.2 Å². The first-order chi connectivity index (χ1) is 15.2. The molecule has 6 nitrogen and oxygen atoms in total. The Balaban J connectivity index is 1.58. The third-order valence-corrected chi connectivity index (χ3v) is 4.84. The van der Waals surface area contributed by atoms with Gasteiger partial charge in [0.2, 0.25) is 0 Å². The summed E-state index contributed by atoms with van der Waals surface area (Å²) in [6.45, 7) is 9.28. The molecule has 0 amide bonds. The molecule has 3 aromatic rings. The maximum Gasteiger partial charge on any atom is 0.191 e. The largest absolute Gasteiger partial charge is 0.372 e. The number of nitrogens with one attached hydrogen (secondary N) is 2. The van der Waals surface area contributed by atoms with E-state index in [1.165, 1.54) is 5.56 Å². The Hall–Kier alpha value is -3.12. The molecule has 2 aromatic carbocycles. The van der Waals surface area contributed by atoms with E-state index in [-0.39, 0.29) is 0 Å². The molecule has 0 unspecified atom stereocenters. The lowest BCUT2D eigenvalue weighted by atomic mass is 10.1. The van der Waals surface area contributed by atoms with Gasteiger partial charge in [-0.25, -0.2) is 4.99 Å². The number of aromatic nitrogens is 1. The molecular formula is C25H32N4O2. The van der Waals surface area contributed by atoms with Crippen LogP contribution in [0.25, 0.3) is 0 Å². The Morgan fingerprint density at radius 3 is 2.45 bits per heavy atom. The van der Waals surface area contributed by atoms with Gasteiger partial charge in [0.1, 0.15) is 0 Å². The molecule has 3 rings (SSSR count). The van der Waals surface area contributed by atoms with Crippen molar-refractivity contribution in [3.8, 4) is 0 Å². The normalized spacial score (nSPS) is 11.7. The Morgan fingerprint density at radius 2 is 1.74 bits per heavy atom. The minimum atomic E-state index is 0.347. The van der Waals surface area contributed by atoms with E-state index >= 15 is 0 Å². The zero-order valence-electron chi connectivity index (χ0n) is 18.6. The van der Waals surface area contributed by atoms with Gasteiger partial charge in [0.25, 0.3) is 0 Å². The summed E-state index contributed by atoms with van der Waals surface area (Å²) < 4.78 is 11.3. The molecule has 31 heavy (non-hydrogen) atoms. The van der Waals surface area contributed by atoms with Gasteiger partial charge < -0.3 is 19.9 Å². The maximum atomic E-state index is 5.93. The molecule has 6 heteroatoms. The van der Waals surface area contributed by atoms with E-state index in [0.29, 0.717) is 32.2 Å². The Labute approximate surface area is 184 Å². The van der Waals surface area contributed by atoms with Crippen molar-refractivity contribution in [2.75, 3.05) is 6.54 Å². The lowest BCUT2D eigenvalue weighted by Gasteiger charge is -2.12. The first-order valence-corrected chi connectivity index (χ1v) is 10.8. The van der Waals surface area contributed by atoms with Crippen molar-refractivity contribution < 1.29 is 9.26 Å². The molecule has 0 saturated heterocycles. The molecule has 0 fully saturated rings. The third kappa shape index (κ3) is 7.26. The number of hydrogen-bond donors (Lipinski definition) is 2. The highest BCUT2D eigenvalue weighted by Crippen LogP contribution is 2.14. The van der Waals surface area contributed by atoms with Crippen molar-refractivity contribution in [1.82, 2.24) is 15.8 Å². The van der Waals surface area contributed by atoms with E-state index in [1.54, 1.807) is 0 Å². The van der Waals surface area contributed by atoms with Crippen molar-refractivity contribution in [3.05, 3.63) is 88.8 Å². The highest BCUT2D eigenvalue weighted by Gasteiger charge is 2.08. The fourth-order valence-electron chi connectivity index (χ4n) is 3.07. The van der Waals surface area contributed by atoms with Crippen LogP contribution < -0.4 is 10.6 Å². The van der Waals surface area contributed by atoms with Gasteiger partial charge in [-0.05, 0) is 29.5 Å². The minimum Gasteiger partial charge on any atom is -0.372 e. The molecule has 0 aliphatic rings. The van der Waals surface area contributed by atoms with Crippen molar-refractivity contribution in [2.24, 2.45) is 4.99 Å². The number of aliphatic imine (C=N–C) groups is 1. The van der Waals surface area contributed by atoms with Crippen molar-refractivity contribution in [2.45, 2.75) is 53.0 Å². The van der Waals surface area contributed by atoms with Gasteiger partial charge in [0, 0.05) is 12.6 Å². The van der Waals surface area contributed by atoms with Crippen molar-refractivity contribution in [3.63, 3.8) is 0 Å². The first-order valence-electron chi connectivity index (χ1n) is 10.8. The second-order valence-electron chi connectivity index (χ2n) is 7.67. The Morgan fingerprint density at radius 1 is 1.00 bits per heavy atom. The molecule has 0 spiro atoms. The maximum absolute atomic E-state index is 5.93. The lowest BCUT2D eigenvalue weighted by molar-refractivity contribution is 0.106. The SMILES string of the molecule is CCNC(=NCc1ccccc1COCc1ccccc1)NCc1cc(C(C)C)no1. The predicted molar refractivity (Wildman–Crippen MR) is 124 cm³/mol. The van der Waals surface area contributed by atoms with Gasteiger partial charge in [0.05, 0.1) is 32.0 Å². The van der Waals surface area contributed by atoms with E-state index in [2.05, 4.69) is 53.9 Å². The van der Waals surface area contributed by atoms with Crippen LogP contribution in [0.3, 0.4) is 0 Å². The van der Waals surface area contributed by atoms with E-state index in [4.69, 9.17) is 14.3 Å². The van der Waals surface area contributed by atoms with Crippen LogP contribution >= 0.6 is 0 Å². The molecule has 1 aromatic heterocycles. The van der Waals surface area contributed by atoms with Crippen LogP contribution in [0.4, 0.5) is 0 Å². The summed E-state index contributed by atoms with van der Waals surface area (Å²) in [5.41, 5.74) is 4.43. The van der Waals surface area contributed by atoms with Gasteiger partial charge >= 0.3 is 0 Å². The van der Waals surface area contributed by atoms with E-state index in [9.17, 15) is 0 Å². The van der Waals surface area contributed by atoms with Crippen LogP contribution in [0.5, 0.6) is 0 Å². The highest BCUT2D eigenvalue weighted by molar-refractivity contribution is 5.79. The molecule has 0 atom stereocenters. The summed E-state index contributed by atoms with van der Waals surface area (Å²) in [4.78, 5) is 4.74. The molecule has 1 heterocycles.